The van der Waals surface area contributed by atoms with Gasteiger partial charge >= 0.3 is 0 Å². The number of benzene rings is 2. The summed E-state index contributed by atoms with van der Waals surface area (Å²) in [5.41, 5.74) is 3.59. The van der Waals surface area contributed by atoms with Gasteiger partial charge in [-0.05, 0) is 36.2 Å². The second-order valence-corrected chi connectivity index (χ2v) is 6.18. The fraction of sp³-hybridized carbons (Fsp3) is 0.150. The normalized spacial score (nSPS) is 11.3. The molecule has 4 aromatic rings. The van der Waals surface area contributed by atoms with Crippen LogP contribution in [0, 0.1) is 5.82 Å². The van der Waals surface area contributed by atoms with Crippen molar-refractivity contribution in [3.63, 3.8) is 0 Å². The molecule has 5 heteroatoms. The van der Waals surface area contributed by atoms with Gasteiger partial charge in [0.25, 0.3) is 5.91 Å². The zero-order chi connectivity index (χ0) is 17.4. The Morgan fingerprint density at radius 3 is 2.92 bits per heavy atom. The molecule has 2 heterocycles. The molecule has 0 atom stereocenters. The number of amides is 1. The zero-order valence-electron chi connectivity index (χ0n) is 13.8. The Labute approximate surface area is 144 Å². The molecule has 0 radical (unpaired) electrons. The quantitative estimate of drug-likeness (QED) is 0.586. The summed E-state index contributed by atoms with van der Waals surface area (Å²) in [5, 5.41) is 4.76. The van der Waals surface area contributed by atoms with Crippen molar-refractivity contribution in [2.45, 2.75) is 6.42 Å². The van der Waals surface area contributed by atoms with Crippen molar-refractivity contribution in [2.24, 2.45) is 7.05 Å². The van der Waals surface area contributed by atoms with Crippen molar-refractivity contribution >= 4 is 27.7 Å². The van der Waals surface area contributed by atoms with E-state index in [0.717, 1.165) is 27.4 Å². The number of H-pyrrole nitrogens is 1. The minimum Gasteiger partial charge on any atom is -0.361 e. The van der Waals surface area contributed by atoms with Crippen molar-refractivity contribution in [3.8, 4) is 0 Å². The number of nitrogens with zero attached hydrogens (tertiary/aromatic N) is 1. The molecule has 4 nitrogen and oxygen atoms in total. The van der Waals surface area contributed by atoms with Crippen LogP contribution in [0.15, 0.2) is 54.9 Å². The molecule has 0 saturated heterocycles. The van der Waals surface area contributed by atoms with Crippen LogP contribution < -0.4 is 5.32 Å². The molecule has 2 aromatic carbocycles. The lowest BCUT2D eigenvalue weighted by Gasteiger charge is -2.04. The number of aromatic amines is 1. The van der Waals surface area contributed by atoms with Crippen LogP contribution in [0.4, 0.5) is 4.39 Å². The lowest BCUT2D eigenvalue weighted by Crippen LogP contribution is -2.25. The molecule has 0 fully saturated rings. The van der Waals surface area contributed by atoms with E-state index in [1.165, 1.54) is 12.1 Å². The van der Waals surface area contributed by atoms with Gasteiger partial charge in [-0.15, -0.1) is 0 Å². The van der Waals surface area contributed by atoms with Gasteiger partial charge in [0.15, 0.2) is 0 Å². The highest BCUT2D eigenvalue weighted by atomic mass is 19.1. The lowest BCUT2D eigenvalue weighted by atomic mass is 10.1. The molecule has 0 aliphatic rings. The SMILES string of the molecule is Cn1cc(C(=O)NCCc2c[nH]c3ccc(F)cc23)c2ccccc21. The van der Waals surface area contributed by atoms with E-state index in [-0.39, 0.29) is 11.7 Å². The summed E-state index contributed by atoms with van der Waals surface area (Å²) in [7, 11) is 1.93. The second-order valence-electron chi connectivity index (χ2n) is 6.18. The summed E-state index contributed by atoms with van der Waals surface area (Å²) >= 11 is 0. The van der Waals surface area contributed by atoms with Gasteiger partial charge in [0.1, 0.15) is 5.82 Å². The number of para-hydroxylation sites is 1. The third-order valence-electron chi connectivity index (χ3n) is 4.55. The molecule has 4 rings (SSSR count). The number of aryl methyl sites for hydroxylation is 1. The molecule has 126 valence electrons. The van der Waals surface area contributed by atoms with Gasteiger partial charge in [-0.1, -0.05) is 18.2 Å². The fourth-order valence-corrected chi connectivity index (χ4v) is 3.29. The molecule has 0 aliphatic carbocycles. The van der Waals surface area contributed by atoms with Crippen molar-refractivity contribution in [3.05, 3.63) is 71.8 Å². The maximum Gasteiger partial charge on any atom is 0.253 e. The van der Waals surface area contributed by atoms with Crippen molar-refractivity contribution < 1.29 is 9.18 Å². The Morgan fingerprint density at radius 1 is 1.20 bits per heavy atom. The number of aromatic nitrogens is 2. The van der Waals surface area contributed by atoms with E-state index in [9.17, 15) is 9.18 Å². The predicted molar refractivity (Wildman–Crippen MR) is 97.2 cm³/mol. The monoisotopic (exact) mass is 335 g/mol. The van der Waals surface area contributed by atoms with E-state index in [4.69, 9.17) is 0 Å². The molecule has 0 aliphatic heterocycles. The minimum atomic E-state index is -0.256. The number of carbonyl (C=O) groups is 1. The van der Waals surface area contributed by atoms with Crippen LogP contribution >= 0.6 is 0 Å². The van der Waals surface area contributed by atoms with Crippen molar-refractivity contribution in [1.82, 2.24) is 14.9 Å². The Kier molecular flexibility index (Phi) is 3.76. The van der Waals surface area contributed by atoms with E-state index in [1.54, 1.807) is 6.07 Å². The van der Waals surface area contributed by atoms with Gasteiger partial charge < -0.3 is 14.9 Å². The van der Waals surface area contributed by atoms with E-state index in [2.05, 4.69) is 10.3 Å². The maximum absolute atomic E-state index is 13.4. The third kappa shape index (κ3) is 2.78. The molecule has 0 bridgehead atoms. The number of fused-ring (bicyclic) bond motifs is 2. The summed E-state index contributed by atoms with van der Waals surface area (Å²) in [6, 6.07) is 12.5. The van der Waals surface area contributed by atoms with Gasteiger partial charge in [-0.2, -0.15) is 0 Å². The molecule has 25 heavy (non-hydrogen) atoms. The van der Waals surface area contributed by atoms with Crippen molar-refractivity contribution in [1.29, 1.82) is 0 Å². The number of rotatable bonds is 4. The highest BCUT2D eigenvalue weighted by molar-refractivity contribution is 6.07. The Bertz CT molecular complexity index is 1080. The highest BCUT2D eigenvalue weighted by Gasteiger charge is 2.13. The van der Waals surface area contributed by atoms with Crippen LogP contribution in [-0.4, -0.2) is 22.0 Å². The van der Waals surface area contributed by atoms with E-state index < -0.39 is 0 Å². The topological polar surface area (TPSA) is 49.8 Å². The first kappa shape index (κ1) is 15.4. The minimum absolute atomic E-state index is 0.0946. The first-order valence-corrected chi connectivity index (χ1v) is 8.21. The fourth-order valence-electron chi connectivity index (χ4n) is 3.29. The zero-order valence-corrected chi connectivity index (χ0v) is 13.8. The molecular weight excluding hydrogens is 317 g/mol. The third-order valence-corrected chi connectivity index (χ3v) is 4.55. The molecule has 0 spiro atoms. The Hall–Kier alpha value is -3.08. The van der Waals surface area contributed by atoms with Crippen molar-refractivity contribution in [2.75, 3.05) is 6.54 Å². The molecule has 0 saturated carbocycles. The van der Waals surface area contributed by atoms with Gasteiger partial charge in [-0.3, -0.25) is 4.79 Å². The van der Waals surface area contributed by atoms with E-state index >= 15 is 0 Å². The van der Waals surface area contributed by atoms with E-state index in [1.807, 2.05) is 48.3 Å². The molecule has 2 N–H and O–H groups in total. The first-order valence-electron chi connectivity index (χ1n) is 8.21. The number of halogens is 1. The summed E-state index contributed by atoms with van der Waals surface area (Å²) in [6.07, 6.45) is 4.36. The number of hydrogen-bond donors (Lipinski definition) is 2. The summed E-state index contributed by atoms with van der Waals surface area (Å²) in [4.78, 5) is 15.7. The second kappa shape index (κ2) is 6.09. The smallest absolute Gasteiger partial charge is 0.253 e. The number of carbonyl (C=O) groups excluding carboxylic acids is 1. The van der Waals surface area contributed by atoms with Gasteiger partial charge in [0.05, 0.1) is 5.56 Å². The molecular formula is C20H18FN3O. The first-order chi connectivity index (χ1) is 12.1. The molecule has 2 aromatic heterocycles. The molecule has 1 amide bonds. The van der Waals surface area contributed by atoms with Crippen LogP contribution in [0.1, 0.15) is 15.9 Å². The lowest BCUT2D eigenvalue weighted by molar-refractivity contribution is 0.0955. The van der Waals surface area contributed by atoms with E-state index in [0.29, 0.717) is 18.5 Å². The Morgan fingerprint density at radius 2 is 2.04 bits per heavy atom. The van der Waals surface area contributed by atoms with Crippen LogP contribution in [0.3, 0.4) is 0 Å². The van der Waals surface area contributed by atoms with Crippen LogP contribution in [0.2, 0.25) is 0 Å². The predicted octanol–water partition coefficient (Wildman–Crippen LogP) is 3.77. The van der Waals surface area contributed by atoms with Crippen LogP contribution in [0.25, 0.3) is 21.8 Å². The average Bonchev–Trinajstić information content (AvgIpc) is 3.16. The summed E-state index contributed by atoms with van der Waals surface area (Å²) in [6.45, 7) is 0.492. The highest BCUT2D eigenvalue weighted by Crippen LogP contribution is 2.21. The average molecular weight is 335 g/mol. The maximum atomic E-state index is 13.4. The molecule has 0 unspecified atom stereocenters. The number of hydrogen-bond acceptors (Lipinski definition) is 1. The number of nitrogens with one attached hydrogen (secondary N) is 2. The summed E-state index contributed by atoms with van der Waals surface area (Å²) < 4.78 is 15.4. The van der Waals surface area contributed by atoms with Crippen LogP contribution in [-0.2, 0) is 13.5 Å². The van der Waals surface area contributed by atoms with Gasteiger partial charge in [0, 0.05) is 47.8 Å². The Balaban J connectivity index is 1.49. The largest absolute Gasteiger partial charge is 0.361 e. The standard InChI is InChI=1S/C20H18FN3O/c1-24-12-17(15-4-2-3-5-19(15)24)20(25)22-9-8-13-11-23-18-7-6-14(21)10-16(13)18/h2-7,10-12,23H,8-9H2,1H3,(H,22,25). The van der Waals surface area contributed by atoms with Gasteiger partial charge in [-0.25, -0.2) is 4.39 Å². The van der Waals surface area contributed by atoms with Gasteiger partial charge in [0.2, 0.25) is 0 Å². The van der Waals surface area contributed by atoms with Crippen LogP contribution in [0.5, 0.6) is 0 Å². The summed E-state index contributed by atoms with van der Waals surface area (Å²) in [5.74, 6) is -0.351.